The molecule has 0 unspecified atom stereocenters. The second kappa shape index (κ2) is 7.16. The molecule has 1 heterocycles. The van der Waals surface area contributed by atoms with Crippen LogP contribution in [0.1, 0.15) is 24.2 Å². The maximum atomic E-state index is 12.1. The van der Waals surface area contributed by atoms with Gasteiger partial charge in [-0.2, -0.15) is 0 Å². The van der Waals surface area contributed by atoms with E-state index in [9.17, 15) is 14.9 Å². The number of amides is 1. The third kappa shape index (κ3) is 4.43. The summed E-state index contributed by atoms with van der Waals surface area (Å²) in [5, 5.41) is 10.6. The lowest BCUT2D eigenvalue weighted by Crippen LogP contribution is -2.31. The quantitative estimate of drug-likeness (QED) is 0.456. The van der Waals surface area contributed by atoms with E-state index in [4.69, 9.17) is 16.3 Å². The molecule has 0 radical (unpaired) electrons. The lowest BCUT2D eigenvalue weighted by molar-refractivity contribution is -0.385. The molecule has 1 aromatic heterocycles. The van der Waals surface area contributed by atoms with Crippen molar-refractivity contribution in [2.45, 2.75) is 20.0 Å². The third-order valence-corrected chi connectivity index (χ3v) is 2.79. The van der Waals surface area contributed by atoms with Gasteiger partial charge in [-0.15, -0.1) is 0 Å². The Morgan fingerprint density at radius 2 is 2.25 bits per heavy atom. The van der Waals surface area contributed by atoms with Crippen molar-refractivity contribution in [1.82, 2.24) is 9.88 Å². The standard InChI is InChI=1S/C12H16ClN3O4/c1-8(2)20-5-4-15(3)12(17)10-6-9(16(18)19)7-14-11(10)13/h6-8H,4-5H2,1-3H3. The number of nitrogens with zero attached hydrogens (tertiary/aromatic N) is 3. The maximum absolute atomic E-state index is 12.1. The summed E-state index contributed by atoms with van der Waals surface area (Å²) in [7, 11) is 1.57. The molecule has 0 aromatic carbocycles. The first-order valence-electron chi connectivity index (χ1n) is 6.00. The predicted molar refractivity (Wildman–Crippen MR) is 73.9 cm³/mol. The monoisotopic (exact) mass is 301 g/mol. The van der Waals surface area contributed by atoms with Crippen molar-refractivity contribution in [2.75, 3.05) is 20.2 Å². The molecule has 1 amide bonds. The SMILES string of the molecule is CC(C)OCCN(C)C(=O)c1cc([N+](=O)[O-])cnc1Cl. The number of likely N-dealkylation sites (N-methyl/N-ethyl adjacent to an activating group) is 1. The first kappa shape index (κ1) is 16.3. The molecule has 0 saturated carbocycles. The van der Waals surface area contributed by atoms with E-state index in [0.29, 0.717) is 13.2 Å². The number of hydrogen-bond acceptors (Lipinski definition) is 5. The van der Waals surface area contributed by atoms with Crippen molar-refractivity contribution in [3.8, 4) is 0 Å². The molecule has 0 saturated heterocycles. The highest BCUT2D eigenvalue weighted by molar-refractivity contribution is 6.32. The molecule has 0 spiro atoms. The van der Waals surface area contributed by atoms with Gasteiger partial charge in [0.15, 0.2) is 0 Å². The van der Waals surface area contributed by atoms with Crippen LogP contribution in [0, 0.1) is 10.1 Å². The zero-order valence-corrected chi connectivity index (χ0v) is 12.3. The van der Waals surface area contributed by atoms with Crippen molar-refractivity contribution in [2.24, 2.45) is 0 Å². The predicted octanol–water partition coefficient (Wildman–Crippen LogP) is 2.14. The molecule has 1 rings (SSSR count). The van der Waals surface area contributed by atoms with E-state index >= 15 is 0 Å². The second-order valence-electron chi connectivity index (χ2n) is 4.44. The van der Waals surface area contributed by atoms with E-state index in [1.807, 2.05) is 13.8 Å². The van der Waals surface area contributed by atoms with Gasteiger partial charge in [-0.3, -0.25) is 14.9 Å². The Hall–Kier alpha value is -1.73. The smallest absolute Gasteiger partial charge is 0.288 e. The van der Waals surface area contributed by atoms with Gasteiger partial charge in [0.25, 0.3) is 11.6 Å². The Morgan fingerprint density at radius 3 is 2.80 bits per heavy atom. The summed E-state index contributed by atoms with van der Waals surface area (Å²) in [6.45, 7) is 4.52. The Labute approximate surface area is 121 Å². The maximum Gasteiger partial charge on any atom is 0.288 e. The summed E-state index contributed by atoms with van der Waals surface area (Å²) < 4.78 is 5.34. The van der Waals surface area contributed by atoms with Crippen molar-refractivity contribution < 1.29 is 14.5 Å². The van der Waals surface area contributed by atoms with Crippen LogP contribution in [0.4, 0.5) is 5.69 Å². The molecule has 0 aliphatic rings. The molecule has 0 aliphatic carbocycles. The van der Waals surface area contributed by atoms with E-state index in [1.165, 1.54) is 4.90 Å². The molecular weight excluding hydrogens is 286 g/mol. The Morgan fingerprint density at radius 1 is 1.60 bits per heavy atom. The number of rotatable bonds is 6. The highest BCUT2D eigenvalue weighted by Gasteiger charge is 2.20. The van der Waals surface area contributed by atoms with Crippen LogP contribution in [-0.2, 0) is 4.74 Å². The summed E-state index contributed by atoms with van der Waals surface area (Å²) in [5.74, 6) is -0.432. The van der Waals surface area contributed by atoms with E-state index in [2.05, 4.69) is 4.98 Å². The highest BCUT2D eigenvalue weighted by Crippen LogP contribution is 2.20. The van der Waals surface area contributed by atoms with Gasteiger partial charge in [-0.25, -0.2) is 4.98 Å². The van der Waals surface area contributed by atoms with Gasteiger partial charge in [-0.05, 0) is 13.8 Å². The van der Waals surface area contributed by atoms with Gasteiger partial charge in [0.05, 0.1) is 23.2 Å². The molecule has 1 aromatic rings. The highest BCUT2D eigenvalue weighted by atomic mass is 35.5. The summed E-state index contributed by atoms with van der Waals surface area (Å²) >= 11 is 5.81. The molecule has 0 N–H and O–H groups in total. The van der Waals surface area contributed by atoms with Gasteiger partial charge in [-0.1, -0.05) is 11.6 Å². The molecule has 0 fully saturated rings. The zero-order chi connectivity index (χ0) is 15.3. The van der Waals surface area contributed by atoms with E-state index in [1.54, 1.807) is 7.05 Å². The fourth-order valence-corrected chi connectivity index (χ4v) is 1.60. The van der Waals surface area contributed by atoms with Crippen molar-refractivity contribution in [3.05, 3.63) is 33.1 Å². The van der Waals surface area contributed by atoms with E-state index in [0.717, 1.165) is 12.3 Å². The molecule has 7 nitrogen and oxygen atoms in total. The van der Waals surface area contributed by atoms with Gasteiger partial charge in [0.2, 0.25) is 0 Å². The molecule has 0 aliphatic heterocycles. The van der Waals surface area contributed by atoms with Crippen LogP contribution in [0.5, 0.6) is 0 Å². The number of carbonyl (C=O) groups excluding carboxylic acids is 1. The van der Waals surface area contributed by atoms with Crippen LogP contribution in [0.25, 0.3) is 0 Å². The van der Waals surface area contributed by atoms with Gasteiger partial charge >= 0.3 is 0 Å². The number of halogens is 1. The minimum absolute atomic E-state index is 0.00733. The minimum Gasteiger partial charge on any atom is -0.377 e. The van der Waals surface area contributed by atoms with Crippen LogP contribution in [0.2, 0.25) is 5.15 Å². The third-order valence-electron chi connectivity index (χ3n) is 2.49. The first-order valence-corrected chi connectivity index (χ1v) is 6.37. The number of hydrogen-bond donors (Lipinski definition) is 0. The average Bonchev–Trinajstić information content (AvgIpc) is 2.37. The number of aromatic nitrogens is 1. The summed E-state index contributed by atoms with van der Waals surface area (Å²) in [6, 6.07) is 1.12. The van der Waals surface area contributed by atoms with E-state index < -0.39 is 10.8 Å². The number of carbonyl (C=O) groups is 1. The largest absolute Gasteiger partial charge is 0.377 e. The topological polar surface area (TPSA) is 85.6 Å². The summed E-state index contributed by atoms with van der Waals surface area (Å²) in [6.07, 6.45) is 1.09. The van der Waals surface area contributed by atoms with Crippen LogP contribution >= 0.6 is 11.6 Å². The molecule has 0 atom stereocenters. The summed E-state index contributed by atoms with van der Waals surface area (Å²) in [4.78, 5) is 27.2. The molecular formula is C12H16ClN3O4. The first-order chi connectivity index (χ1) is 9.32. The number of ether oxygens (including phenoxy) is 1. The fourth-order valence-electron chi connectivity index (χ4n) is 1.42. The molecule has 8 heteroatoms. The fraction of sp³-hybridized carbons (Fsp3) is 0.500. The van der Waals surface area contributed by atoms with Crippen molar-refractivity contribution in [3.63, 3.8) is 0 Å². The molecule has 0 bridgehead atoms. The lowest BCUT2D eigenvalue weighted by atomic mass is 10.2. The number of nitro groups is 1. The van der Waals surface area contributed by atoms with Gasteiger partial charge in [0, 0.05) is 19.7 Å². The second-order valence-corrected chi connectivity index (χ2v) is 4.79. The lowest BCUT2D eigenvalue weighted by Gasteiger charge is -2.18. The normalized spacial score (nSPS) is 10.7. The Kier molecular flexibility index (Phi) is 5.84. The van der Waals surface area contributed by atoms with Gasteiger partial charge in [0.1, 0.15) is 11.3 Å². The number of pyridine rings is 1. The Bertz CT molecular complexity index is 507. The van der Waals surface area contributed by atoms with Gasteiger partial charge < -0.3 is 9.64 Å². The van der Waals surface area contributed by atoms with Crippen LogP contribution in [-0.4, -0.2) is 47.0 Å². The van der Waals surface area contributed by atoms with Crippen LogP contribution < -0.4 is 0 Å². The molecule has 20 heavy (non-hydrogen) atoms. The van der Waals surface area contributed by atoms with Crippen LogP contribution in [0.15, 0.2) is 12.3 Å². The van der Waals surface area contributed by atoms with Crippen molar-refractivity contribution >= 4 is 23.2 Å². The molecule has 110 valence electrons. The Balaban J connectivity index is 2.80. The zero-order valence-electron chi connectivity index (χ0n) is 11.5. The minimum atomic E-state index is -0.623. The average molecular weight is 302 g/mol. The summed E-state index contributed by atoms with van der Waals surface area (Å²) in [5.41, 5.74) is -0.266. The van der Waals surface area contributed by atoms with Crippen molar-refractivity contribution in [1.29, 1.82) is 0 Å². The van der Waals surface area contributed by atoms with E-state index in [-0.39, 0.29) is 22.5 Å². The van der Waals surface area contributed by atoms with Crippen LogP contribution in [0.3, 0.4) is 0 Å².